The largest absolute Gasteiger partial charge is 0.491 e. The van der Waals surface area contributed by atoms with Crippen molar-refractivity contribution in [2.45, 2.75) is 45.3 Å². The summed E-state index contributed by atoms with van der Waals surface area (Å²) in [6.45, 7) is 5.97. The number of nitrogens with one attached hydrogen (secondary N) is 2. The predicted octanol–water partition coefficient (Wildman–Crippen LogP) is 2.35. The van der Waals surface area contributed by atoms with E-state index in [4.69, 9.17) is 4.74 Å². The molecule has 1 saturated heterocycles. The number of carbonyl (C=O) groups is 1. The number of rotatable bonds is 4. The van der Waals surface area contributed by atoms with E-state index in [1.54, 1.807) is 0 Å². The first-order chi connectivity index (χ1) is 9.65. The molecule has 4 heteroatoms. The fourth-order valence-electron chi connectivity index (χ4n) is 2.41. The monoisotopic (exact) mass is 276 g/mol. The minimum absolute atomic E-state index is 0.00824. The molecule has 2 rings (SSSR count). The van der Waals surface area contributed by atoms with Crippen molar-refractivity contribution in [1.82, 2.24) is 10.6 Å². The van der Waals surface area contributed by atoms with Crippen LogP contribution in [0.15, 0.2) is 24.3 Å². The third kappa shape index (κ3) is 4.53. The topological polar surface area (TPSA) is 50.4 Å². The summed E-state index contributed by atoms with van der Waals surface area (Å²) in [4.78, 5) is 12.3. The average molecular weight is 276 g/mol. The van der Waals surface area contributed by atoms with Gasteiger partial charge in [-0.3, -0.25) is 4.79 Å². The van der Waals surface area contributed by atoms with Crippen molar-refractivity contribution < 1.29 is 9.53 Å². The van der Waals surface area contributed by atoms with Crippen molar-refractivity contribution in [2.24, 2.45) is 0 Å². The predicted molar refractivity (Wildman–Crippen MR) is 80.2 cm³/mol. The van der Waals surface area contributed by atoms with Crippen LogP contribution in [0.3, 0.4) is 0 Å². The number of benzene rings is 1. The van der Waals surface area contributed by atoms with E-state index in [2.05, 4.69) is 10.6 Å². The highest BCUT2D eigenvalue weighted by molar-refractivity contribution is 5.94. The van der Waals surface area contributed by atoms with Crippen molar-refractivity contribution >= 4 is 5.91 Å². The van der Waals surface area contributed by atoms with Crippen LogP contribution in [0.5, 0.6) is 5.75 Å². The molecule has 0 aromatic heterocycles. The zero-order chi connectivity index (χ0) is 14.4. The van der Waals surface area contributed by atoms with Crippen LogP contribution >= 0.6 is 0 Å². The lowest BCUT2D eigenvalue weighted by Crippen LogP contribution is -2.35. The molecule has 1 unspecified atom stereocenters. The van der Waals surface area contributed by atoms with E-state index >= 15 is 0 Å². The molecule has 110 valence electrons. The molecule has 1 aliphatic rings. The molecule has 0 radical (unpaired) electrons. The minimum atomic E-state index is -0.00824. The molecule has 0 bridgehead atoms. The number of hydrogen-bond donors (Lipinski definition) is 2. The van der Waals surface area contributed by atoms with Gasteiger partial charge in [-0.1, -0.05) is 6.07 Å². The Morgan fingerprint density at radius 1 is 1.35 bits per heavy atom. The normalized spacial score (nSPS) is 19.4. The fraction of sp³-hybridized carbons (Fsp3) is 0.562. The van der Waals surface area contributed by atoms with Crippen LogP contribution in [0, 0.1) is 0 Å². The second-order valence-corrected chi connectivity index (χ2v) is 5.55. The van der Waals surface area contributed by atoms with Gasteiger partial charge in [0, 0.05) is 11.6 Å². The van der Waals surface area contributed by atoms with Crippen molar-refractivity contribution in [1.29, 1.82) is 0 Å². The van der Waals surface area contributed by atoms with Gasteiger partial charge in [-0.15, -0.1) is 0 Å². The number of carbonyl (C=O) groups excluding carboxylic acids is 1. The second kappa shape index (κ2) is 7.29. The Hall–Kier alpha value is -1.55. The van der Waals surface area contributed by atoms with Gasteiger partial charge in [-0.05, 0) is 64.4 Å². The Balaban J connectivity index is 1.97. The molecule has 2 N–H and O–H groups in total. The molecule has 4 nitrogen and oxygen atoms in total. The lowest BCUT2D eigenvalue weighted by atomic mass is 10.1. The third-order valence-electron chi connectivity index (χ3n) is 3.38. The maximum Gasteiger partial charge on any atom is 0.251 e. The molecule has 1 fully saturated rings. The third-order valence-corrected chi connectivity index (χ3v) is 3.38. The molecule has 1 aromatic carbocycles. The van der Waals surface area contributed by atoms with E-state index in [0.29, 0.717) is 5.56 Å². The maximum absolute atomic E-state index is 12.3. The fourth-order valence-corrected chi connectivity index (χ4v) is 2.41. The molecule has 0 spiro atoms. The molecule has 1 aliphatic heterocycles. The number of amides is 1. The lowest BCUT2D eigenvalue weighted by Gasteiger charge is -2.16. The summed E-state index contributed by atoms with van der Waals surface area (Å²) in [7, 11) is 0. The van der Waals surface area contributed by atoms with E-state index in [-0.39, 0.29) is 18.1 Å². The molecule has 20 heavy (non-hydrogen) atoms. The summed E-state index contributed by atoms with van der Waals surface area (Å²) in [5, 5.41) is 6.47. The Labute approximate surface area is 120 Å². The van der Waals surface area contributed by atoms with Crippen LogP contribution in [-0.2, 0) is 0 Å². The first-order valence-electron chi connectivity index (χ1n) is 7.43. The standard InChI is InChI=1S/C16H24N2O2/c1-12(2)20-15-7-3-5-13(11-15)16(19)18-14-6-4-9-17-10-8-14/h3,5,7,11-12,14,17H,4,6,8-10H2,1-2H3,(H,18,19). The van der Waals surface area contributed by atoms with E-state index in [1.807, 2.05) is 38.1 Å². The summed E-state index contributed by atoms with van der Waals surface area (Å²) in [6, 6.07) is 7.65. The summed E-state index contributed by atoms with van der Waals surface area (Å²) in [6.07, 6.45) is 3.26. The van der Waals surface area contributed by atoms with Gasteiger partial charge in [0.2, 0.25) is 0 Å². The quantitative estimate of drug-likeness (QED) is 0.887. The first kappa shape index (κ1) is 14.9. The molecular weight excluding hydrogens is 252 g/mol. The van der Waals surface area contributed by atoms with Gasteiger partial charge in [-0.2, -0.15) is 0 Å². The number of ether oxygens (including phenoxy) is 1. The maximum atomic E-state index is 12.3. The van der Waals surface area contributed by atoms with Crippen molar-refractivity contribution in [3.8, 4) is 5.75 Å². The van der Waals surface area contributed by atoms with Crippen LogP contribution in [-0.4, -0.2) is 31.1 Å². The summed E-state index contributed by atoms with van der Waals surface area (Å²) in [5.74, 6) is 0.737. The molecule has 0 aliphatic carbocycles. The Kier molecular flexibility index (Phi) is 5.41. The first-order valence-corrected chi connectivity index (χ1v) is 7.43. The molecule has 1 aromatic rings. The number of hydrogen-bond acceptors (Lipinski definition) is 3. The van der Waals surface area contributed by atoms with Gasteiger partial charge in [0.1, 0.15) is 5.75 Å². The highest BCUT2D eigenvalue weighted by Crippen LogP contribution is 2.15. The highest BCUT2D eigenvalue weighted by Gasteiger charge is 2.15. The van der Waals surface area contributed by atoms with Crippen LogP contribution in [0.4, 0.5) is 0 Å². The van der Waals surface area contributed by atoms with Gasteiger partial charge in [0.05, 0.1) is 6.10 Å². The van der Waals surface area contributed by atoms with E-state index in [9.17, 15) is 4.79 Å². The average Bonchev–Trinajstić information content (AvgIpc) is 2.67. The van der Waals surface area contributed by atoms with Crippen molar-refractivity contribution in [3.63, 3.8) is 0 Å². The molecule has 1 heterocycles. The van der Waals surface area contributed by atoms with Crippen LogP contribution in [0.1, 0.15) is 43.5 Å². The smallest absolute Gasteiger partial charge is 0.251 e. The van der Waals surface area contributed by atoms with Crippen LogP contribution in [0.25, 0.3) is 0 Å². The summed E-state index contributed by atoms with van der Waals surface area (Å²) in [5.41, 5.74) is 0.667. The Morgan fingerprint density at radius 3 is 3.00 bits per heavy atom. The second-order valence-electron chi connectivity index (χ2n) is 5.55. The van der Waals surface area contributed by atoms with Crippen molar-refractivity contribution in [3.05, 3.63) is 29.8 Å². The van der Waals surface area contributed by atoms with Gasteiger partial charge in [-0.25, -0.2) is 0 Å². The Morgan fingerprint density at radius 2 is 2.20 bits per heavy atom. The molecule has 1 amide bonds. The van der Waals surface area contributed by atoms with Crippen LogP contribution < -0.4 is 15.4 Å². The van der Waals surface area contributed by atoms with E-state index in [0.717, 1.165) is 38.1 Å². The molecule has 0 saturated carbocycles. The summed E-state index contributed by atoms with van der Waals surface area (Å²) >= 11 is 0. The minimum Gasteiger partial charge on any atom is -0.491 e. The molecular formula is C16H24N2O2. The zero-order valence-electron chi connectivity index (χ0n) is 12.3. The van der Waals surface area contributed by atoms with E-state index in [1.165, 1.54) is 0 Å². The lowest BCUT2D eigenvalue weighted by molar-refractivity contribution is 0.0933. The van der Waals surface area contributed by atoms with Gasteiger partial charge in [0.25, 0.3) is 5.91 Å². The van der Waals surface area contributed by atoms with Gasteiger partial charge < -0.3 is 15.4 Å². The Bertz CT molecular complexity index is 438. The SMILES string of the molecule is CC(C)Oc1cccc(C(=O)NC2CCCNCC2)c1. The van der Waals surface area contributed by atoms with E-state index < -0.39 is 0 Å². The zero-order valence-corrected chi connectivity index (χ0v) is 12.3. The van der Waals surface area contributed by atoms with Crippen LogP contribution in [0.2, 0.25) is 0 Å². The highest BCUT2D eigenvalue weighted by atomic mass is 16.5. The summed E-state index contributed by atoms with van der Waals surface area (Å²) < 4.78 is 5.62. The molecule has 1 atom stereocenters. The van der Waals surface area contributed by atoms with Gasteiger partial charge >= 0.3 is 0 Å². The van der Waals surface area contributed by atoms with Crippen molar-refractivity contribution in [2.75, 3.05) is 13.1 Å². The van der Waals surface area contributed by atoms with Gasteiger partial charge in [0.15, 0.2) is 0 Å².